The van der Waals surface area contributed by atoms with E-state index in [-0.39, 0.29) is 0 Å². The summed E-state index contributed by atoms with van der Waals surface area (Å²) < 4.78 is 5.21. The summed E-state index contributed by atoms with van der Waals surface area (Å²) >= 11 is 0. The highest BCUT2D eigenvalue weighted by molar-refractivity contribution is 5.82. The van der Waals surface area contributed by atoms with Gasteiger partial charge in [-0.15, -0.1) is 0 Å². The fourth-order valence-electron chi connectivity index (χ4n) is 1.66. The van der Waals surface area contributed by atoms with Gasteiger partial charge in [-0.2, -0.15) is 5.10 Å². The molecule has 2 rings (SSSR count). The Morgan fingerprint density at radius 2 is 1.67 bits per heavy atom. The first-order valence-corrected chi connectivity index (χ1v) is 9.35. The molecular formula is C20H37N3O. The maximum absolute atomic E-state index is 5.21. The molecule has 1 aromatic rings. The quantitative estimate of drug-likeness (QED) is 0.771. The van der Waals surface area contributed by atoms with E-state index in [0.29, 0.717) is 0 Å². The van der Waals surface area contributed by atoms with Crippen LogP contribution in [0.25, 0.3) is 0 Å². The van der Waals surface area contributed by atoms with Gasteiger partial charge in [0.05, 0.1) is 6.61 Å². The molecule has 0 spiro atoms. The van der Waals surface area contributed by atoms with Crippen molar-refractivity contribution in [3.63, 3.8) is 0 Å². The van der Waals surface area contributed by atoms with Crippen molar-refractivity contribution in [2.75, 3.05) is 13.2 Å². The Bertz CT molecular complexity index is 403. The Hall–Kier alpha value is -1.84. The van der Waals surface area contributed by atoms with Crippen molar-refractivity contribution in [3.8, 4) is 5.75 Å². The van der Waals surface area contributed by atoms with Crippen LogP contribution in [0.1, 0.15) is 67.2 Å². The van der Waals surface area contributed by atoms with Gasteiger partial charge in [0, 0.05) is 19.2 Å². The monoisotopic (exact) mass is 335 g/mol. The summed E-state index contributed by atoms with van der Waals surface area (Å²) in [5, 5.41) is 4.04. The van der Waals surface area contributed by atoms with Gasteiger partial charge in [-0.25, -0.2) is 0 Å². The summed E-state index contributed by atoms with van der Waals surface area (Å²) in [6, 6.07) is 9.80. The fraction of sp³-hybridized carbons (Fsp3) is 0.600. The van der Waals surface area contributed by atoms with Gasteiger partial charge in [0.2, 0.25) is 0 Å². The SMILES string of the molecule is CC.CC.CCC1=NCCCC/C=N/N1.CCOc1ccccc1. The first-order valence-electron chi connectivity index (χ1n) is 9.35. The van der Waals surface area contributed by atoms with E-state index in [9.17, 15) is 0 Å². The van der Waals surface area contributed by atoms with Crippen LogP contribution in [0, 0.1) is 0 Å². The smallest absolute Gasteiger partial charge is 0.119 e. The number of rotatable bonds is 3. The van der Waals surface area contributed by atoms with E-state index < -0.39 is 0 Å². The standard InChI is InChI=1S/C8H15N3.C8H10O.2C2H6/c1-2-8-9-6-4-3-5-7-10-11-8;1-2-9-8-6-4-3-5-7-8;2*1-2/h7H,2-6H2,1H3,(H,9,11);3-7H,2H2,1H3;2*1-2H3/b10-7+;;;. The van der Waals surface area contributed by atoms with Crippen LogP contribution in [0.15, 0.2) is 40.4 Å². The number of hydrogen-bond donors (Lipinski definition) is 1. The van der Waals surface area contributed by atoms with Gasteiger partial charge in [0.25, 0.3) is 0 Å². The van der Waals surface area contributed by atoms with E-state index >= 15 is 0 Å². The van der Waals surface area contributed by atoms with Gasteiger partial charge in [0.1, 0.15) is 11.6 Å². The van der Waals surface area contributed by atoms with E-state index in [0.717, 1.165) is 37.6 Å². The van der Waals surface area contributed by atoms with Crippen LogP contribution in [-0.4, -0.2) is 25.2 Å². The number of amidine groups is 1. The van der Waals surface area contributed by atoms with Crippen molar-refractivity contribution in [2.24, 2.45) is 10.1 Å². The molecule has 0 unspecified atom stereocenters. The zero-order chi connectivity index (χ0) is 18.5. The lowest BCUT2D eigenvalue weighted by Gasteiger charge is -1.99. The Labute approximate surface area is 149 Å². The molecule has 0 saturated carbocycles. The second-order valence-electron chi connectivity index (χ2n) is 4.35. The molecule has 0 fully saturated rings. The molecule has 0 aliphatic carbocycles. The highest BCUT2D eigenvalue weighted by Gasteiger charge is 1.94. The predicted molar refractivity (Wildman–Crippen MR) is 108 cm³/mol. The topological polar surface area (TPSA) is 46.0 Å². The van der Waals surface area contributed by atoms with Crippen molar-refractivity contribution in [3.05, 3.63) is 30.3 Å². The second-order valence-corrected chi connectivity index (χ2v) is 4.35. The summed E-state index contributed by atoms with van der Waals surface area (Å²) in [4.78, 5) is 4.35. The number of para-hydroxylation sites is 1. The minimum Gasteiger partial charge on any atom is -0.494 e. The average Bonchev–Trinajstić information content (AvgIpc) is 2.80. The van der Waals surface area contributed by atoms with Crippen LogP contribution in [-0.2, 0) is 0 Å². The maximum atomic E-state index is 5.21. The molecule has 0 saturated heterocycles. The normalized spacial score (nSPS) is 14.0. The Morgan fingerprint density at radius 1 is 1.00 bits per heavy atom. The lowest BCUT2D eigenvalue weighted by Crippen LogP contribution is -2.16. The zero-order valence-electron chi connectivity index (χ0n) is 16.5. The van der Waals surface area contributed by atoms with Crippen LogP contribution < -0.4 is 10.2 Å². The number of nitrogens with one attached hydrogen (secondary N) is 1. The van der Waals surface area contributed by atoms with E-state index in [1.54, 1.807) is 0 Å². The van der Waals surface area contributed by atoms with E-state index in [4.69, 9.17) is 4.74 Å². The molecule has 4 heteroatoms. The van der Waals surface area contributed by atoms with Crippen molar-refractivity contribution < 1.29 is 4.74 Å². The number of aliphatic imine (C=N–C) groups is 1. The molecule has 1 aromatic carbocycles. The van der Waals surface area contributed by atoms with Crippen molar-refractivity contribution in [1.29, 1.82) is 0 Å². The van der Waals surface area contributed by atoms with Crippen LogP contribution in [0.3, 0.4) is 0 Å². The molecule has 0 bridgehead atoms. The molecule has 1 aliphatic heterocycles. The van der Waals surface area contributed by atoms with Gasteiger partial charge in [0.15, 0.2) is 0 Å². The molecule has 1 aliphatic rings. The molecule has 1 heterocycles. The molecule has 138 valence electrons. The maximum Gasteiger partial charge on any atom is 0.119 e. The summed E-state index contributed by atoms with van der Waals surface area (Å²) in [5.74, 6) is 1.95. The molecular weight excluding hydrogens is 298 g/mol. The fourth-order valence-corrected chi connectivity index (χ4v) is 1.66. The minimum absolute atomic E-state index is 0.740. The minimum atomic E-state index is 0.740. The highest BCUT2D eigenvalue weighted by Crippen LogP contribution is 2.06. The Kier molecular flexibility index (Phi) is 21.5. The summed E-state index contributed by atoms with van der Waals surface area (Å²) in [6.45, 7) is 13.7. The largest absolute Gasteiger partial charge is 0.494 e. The van der Waals surface area contributed by atoms with Gasteiger partial charge in [-0.05, 0) is 38.3 Å². The van der Waals surface area contributed by atoms with Gasteiger partial charge < -0.3 is 4.74 Å². The average molecular weight is 336 g/mol. The zero-order valence-corrected chi connectivity index (χ0v) is 16.5. The number of nitrogens with zero attached hydrogens (tertiary/aromatic N) is 2. The lowest BCUT2D eigenvalue weighted by atomic mass is 10.2. The van der Waals surface area contributed by atoms with Crippen LogP contribution >= 0.6 is 0 Å². The van der Waals surface area contributed by atoms with Crippen molar-refractivity contribution >= 4 is 12.1 Å². The van der Waals surface area contributed by atoms with Crippen LogP contribution in [0.2, 0.25) is 0 Å². The summed E-state index contributed by atoms with van der Waals surface area (Å²) in [7, 11) is 0. The molecule has 4 nitrogen and oxygen atoms in total. The molecule has 0 atom stereocenters. The van der Waals surface area contributed by atoms with Gasteiger partial charge in [-0.3, -0.25) is 10.4 Å². The lowest BCUT2D eigenvalue weighted by molar-refractivity contribution is 0.340. The van der Waals surface area contributed by atoms with Gasteiger partial charge >= 0.3 is 0 Å². The second kappa shape index (κ2) is 21.2. The van der Waals surface area contributed by atoms with E-state index in [1.807, 2.05) is 71.2 Å². The highest BCUT2D eigenvalue weighted by atomic mass is 16.5. The first kappa shape index (κ1) is 24.4. The third kappa shape index (κ3) is 15.1. The van der Waals surface area contributed by atoms with E-state index in [2.05, 4.69) is 22.4 Å². The number of benzene rings is 1. The van der Waals surface area contributed by atoms with Crippen LogP contribution in [0.5, 0.6) is 5.75 Å². The number of hydrazone groups is 1. The molecule has 0 aromatic heterocycles. The van der Waals surface area contributed by atoms with Crippen molar-refractivity contribution in [1.82, 2.24) is 5.43 Å². The third-order valence-corrected chi connectivity index (χ3v) is 2.72. The molecule has 24 heavy (non-hydrogen) atoms. The van der Waals surface area contributed by atoms with E-state index in [1.165, 1.54) is 12.8 Å². The predicted octanol–water partition coefficient (Wildman–Crippen LogP) is 5.69. The Morgan fingerprint density at radius 3 is 2.25 bits per heavy atom. The molecule has 1 N–H and O–H groups in total. The number of ether oxygens (including phenoxy) is 1. The van der Waals surface area contributed by atoms with Crippen LogP contribution in [0.4, 0.5) is 0 Å². The summed E-state index contributed by atoms with van der Waals surface area (Å²) in [5.41, 5.74) is 2.93. The molecule has 0 radical (unpaired) electrons. The number of hydrogen-bond acceptors (Lipinski definition) is 4. The third-order valence-electron chi connectivity index (χ3n) is 2.72. The van der Waals surface area contributed by atoms with Crippen molar-refractivity contribution in [2.45, 2.75) is 67.2 Å². The summed E-state index contributed by atoms with van der Waals surface area (Å²) in [6.07, 6.45) is 6.32. The first-order chi connectivity index (χ1) is 11.9. The van der Waals surface area contributed by atoms with Gasteiger partial charge in [-0.1, -0.05) is 52.8 Å². The molecule has 0 amide bonds. The Balaban J connectivity index is 0.